The number of nitrogens with one attached hydrogen (secondary N) is 1. The Hall–Kier alpha value is -3.51. The summed E-state index contributed by atoms with van der Waals surface area (Å²) in [4.78, 5) is 30.9. The molecule has 0 radical (unpaired) electrons. The number of aromatic nitrogens is 2. The first-order valence-corrected chi connectivity index (χ1v) is 9.14. The maximum absolute atomic E-state index is 13.1. The van der Waals surface area contributed by atoms with Crippen LogP contribution in [-0.4, -0.2) is 15.5 Å². The van der Waals surface area contributed by atoms with Gasteiger partial charge in [0.2, 0.25) is 0 Å². The molecular formula is C22H16N3O2S-. The van der Waals surface area contributed by atoms with Crippen molar-refractivity contribution in [2.75, 3.05) is 5.32 Å². The van der Waals surface area contributed by atoms with Gasteiger partial charge in [0, 0.05) is 17.3 Å². The molecule has 6 heteroatoms. The van der Waals surface area contributed by atoms with Gasteiger partial charge < -0.3 is 17.9 Å². The molecule has 2 heterocycles. The van der Waals surface area contributed by atoms with Gasteiger partial charge in [-0.05, 0) is 29.8 Å². The number of benzene rings is 2. The van der Waals surface area contributed by atoms with Gasteiger partial charge in [-0.25, -0.2) is 4.98 Å². The van der Waals surface area contributed by atoms with Crippen LogP contribution in [0.3, 0.4) is 0 Å². The van der Waals surface area contributed by atoms with Crippen LogP contribution >= 0.6 is 0 Å². The molecule has 2 aromatic carbocycles. The molecule has 0 fully saturated rings. The van der Waals surface area contributed by atoms with Crippen LogP contribution in [0.1, 0.15) is 15.9 Å². The smallest absolute Gasteiger partial charge is 0.265 e. The highest BCUT2D eigenvalue weighted by molar-refractivity contribution is 7.59. The Labute approximate surface area is 167 Å². The number of carbonyl (C=O) groups excluding carboxylic acids is 1. The Morgan fingerprint density at radius 2 is 1.75 bits per heavy atom. The van der Waals surface area contributed by atoms with Gasteiger partial charge in [-0.2, -0.15) is 4.90 Å². The topological polar surface area (TPSA) is 64.0 Å². The summed E-state index contributed by atoms with van der Waals surface area (Å²) < 4.78 is 1.53. The van der Waals surface area contributed by atoms with Gasteiger partial charge in [0.05, 0.1) is 6.54 Å². The second-order valence-corrected chi connectivity index (χ2v) is 6.74. The minimum atomic E-state index is -0.491. The molecule has 0 saturated carbocycles. The molecule has 0 aliphatic rings. The van der Waals surface area contributed by atoms with Crippen molar-refractivity contribution < 1.29 is 4.79 Å². The molecule has 0 atom stereocenters. The molecule has 1 N–H and O–H groups in total. The molecule has 0 spiro atoms. The lowest BCUT2D eigenvalue weighted by Gasteiger charge is -2.15. The standard InChI is InChI=1S/C22H17N3O2S/c26-21(24-18-10-4-5-11-19(18)28)17-13-16-9-6-12-23-20(16)25(22(17)27)14-15-7-2-1-3-8-15/h1-13,28H,14H2,(H,24,26)/p-1. The quantitative estimate of drug-likeness (QED) is 0.544. The predicted molar refractivity (Wildman–Crippen MR) is 112 cm³/mol. The molecule has 0 saturated heterocycles. The first-order chi connectivity index (χ1) is 13.6. The van der Waals surface area contributed by atoms with E-state index < -0.39 is 11.5 Å². The zero-order valence-electron chi connectivity index (χ0n) is 14.8. The number of fused-ring (bicyclic) bond motifs is 1. The Morgan fingerprint density at radius 1 is 1.00 bits per heavy atom. The van der Waals surface area contributed by atoms with Crippen molar-refractivity contribution in [3.8, 4) is 0 Å². The summed E-state index contributed by atoms with van der Waals surface area (Å²) in [5.74, 6) is -0.491. The Bertz CT molecular complexity index is 1220. The third-order valence-electron chi connectivity index (χ3n) is 4.41. The summed E-state index contributed by atoms with van der Waals surface area (Å²) in [6.45, 7) is 0.325. The molecule has 1 amide bonds. The van der Waals surface area contributed by atoms with E-state index >= 15 is 0 Å². The van der Waals surface area contributed by atoms with Crippen LogP contribution in [-0.2, 0) is 19.2 Å². The van der Waals surface area contributed by atoms with Gasteiger partial charge in [0.1, 0.15) is 11.2 Å². The van der Waals surface area contributed by atoms with Gasteiger partial charge in [0.15, 0.2) is 0 Å². The number of hydrogen-bond donors (Lipinski definition) is 1. The van der Waals surface area contributed by atoms with Crippen molar-refractivity contribution in [3.05, 3.63) is 100 Å². The second-order valence-electron chi connectivity index (χ2n) is 6.30. The van der Waals surface area contributed by atoms with Gasteiger partial charge >= 0.3 is 0 Å². The average molecular weight is 386 g/mol. The molecule has 0 aliphatic carbocycles. The van der Waals surface area contributed by atoms with Crippen molar-refractivity contribution in [1.29, 1.82) is 0 Å². The number of para-hydroxylation sites is 1. The molecule has 4 aromatic rings. The molecule has 28 heavy (non-hydrogen) atoms. The molecule has 0 unspecified atom stereocenters. The Morgan fingerprint density at radius 3 is 2.54 bits per heavy atom. The number of nitrogens with zero attached hydrogens (tertiary/aromatic N) is 2. The maximum atomic E-state index is 13.1. The normalized spacial score (nSPS) is 10.7. The first-order valence-electron chi connectivity index (χ1n) is 8.73. The van der Waals surface area contributed by atoms with Crippen LogP contribution in [0.5, 0.6) is 0 Å². The van der Waals surface area contributed by atoms with Gasteiger partial charge in [-0.1, -0.05) is 48.5 Å². The lowest BCUT2D eigenvalue weighted by Crippen LogP contribution is -2.30. The number of pyridine rings is 2. The predicted octanol–water partition coefficient (Wildman–Crippen LogP) is 3.60. The number of hydrogen-bond acceptors (Lipinski definition) is 4. The highest BCUT2D eigenvalue weighted by Gasteiger charge is 2.17. The summed E-state index contributed by atoms with van der Waals surface area (Å²) in [6.07, 6.45) is 1.64. The van der Waals surface area contributed by atoms with E-state index in [1.165, 1.54) is 4.57 Å². The summed E-state index contributed by atoms with van der Waals surface area (Å²) in [5, 5.41) is 3.46. The zero-order valence-corrected chi connectivity index (χ0v) is 15.6. The zero-order chi connectivity index (χ0) is 19.5. The Kier molecular flexibility index (Phi) is 4.87. The van der Waals surface area contributed by atoms with E-state index in [1.54, 1.807) is 42.6 Å². The fourth-order valence-corrected chi connectivity index (χ4v) is 3.24. The van der Waals surface area contributed by atoms with E-state index in [9.17, 15) is 9.59 Å². The van der Waals surface area contributed by atoms with Crippen LogP contribution in [0.2, 0.25) is 0 Å². The average Bonchev–Trinajstić information content (AvgIpc) is 2.72. The molecule has 2 aromatic heterocycles. The third kappa shape index (κ3) is 3.50. The van der Waals surface area contributed by atoms with E-state index in [4.69, 9.17) is 12.6 Å². The SMILES string of the molecule is O=C(Nc1ccccc1[S-])c1cc2cccnc2n(Cc2ccccc2)c1=O. The van der Waals surface area contributed by atoms with Crippen LogP contribution in [0.15, 0.2) is 88.7 Å². The third-order valence-corrected chi connectivity index (χ3v) is 4.77. The molecule has 4 rings (SSSR count). The monoisotopic (exact) mass is 386 g/mol. The lowest BCUT2D eigenvalue weighted by molar-refractivity contribution is 0.102. The van der Waals surface area contributed by atoms with Gasteiger partial charge in [-0.3, -0.25) is 14.2 Å². The number of carbonyl (C=O) groups is 1. The Balaban J connectivity index is 1.81. The largest absolute Gasteiger partial charge is 0.778 e. The number of anilines is 1. The van der Waals surface area contributed by atoms with Crippen LogP contribution in [0.25, 0.3) is 11.0 Å². The lowest BCUT2D eigenvalue weighted by atomic mass is 10.1. The molecule has 0 aliphatic heterocycles. The number of amides is 1. The van der Waals surface area contributed by atoms with E-state index in [1.807, 2.05) is 36.4 Å². The maximum Gasteiger partial charge on any atom is 0.265 e. The molecule has 5 nitrogen and oxygen atoms in total. The fourth-order valence-electron chi connectivity index (χ4n) is 3.04. The minimum Gasteiger partial charge on any atom is -0.778 e. The summed E-state index contributed by atoms with van der Waals surface area (Å²) in [5.41, 5.74) is 1.65. The molecular weight excluding hydrogens is 370 g/mol. The van der Waals surface area contributed by atoms with Gasteiger partial charge in [-0.15, -0.1) is 0 Å². The van der Waals surface area contributed by atoms with E-state index in [2.05, 4.69) is 10.3 Å². The van der Waals surface area contributed by atoms with E-state index in [-0.39, 0.29) is 5.56 Å². The molecule has 0 bridgehead atoms. The van der Waals surface area contributed by atoms with Crippen molar-refractivity contribution in [2.24, 2.45) is 0 Å². The van der Waals surface area contributed by atoms with Crippen LogP contribution < -0.4 is 10.9 Å². The van der Waals surface area contributed by atoms with Crippen molar-refractivity contribution in [1.82, 2.24) is 9.55 Å². The van der Waals surface area contributed by atoms with Crippen molar-refractivity contribution in [3.63, 3.8) is 0 Å². The van der Waals surface area contributed by atoms with Gasteiger partial charge in [0.25, 0.3) is 11.5 Å². The summed E-state index contributed by atoms with van der Waals surface area (Å²) >= 11 is 5.23. The van der Waals surface area contributed by atoms with Crippen molar-refractivity contribution in [2.45, 2.75) is 11.4 Å². The second kappa shape index (κ2) is 7.62. The summed E-state index contributed by atoms with van der Waals surface area (Å²) in [7, 11) is 0. The fraction of sp³-hybridized carbons (Fsp3) is 0.0455. The van der Waals surface area contributed by atoms with E-state index in [0.29, 0.717) is 22.8 Å². The number of rotatable bonds is 4. The van der Waals surface area contributed by atoms with Crippen molar-refractivity contribution >= 4 is 35.3 Å². The summed E-state index contributed by atoms with van der Waals surface area (Å²) in [6, 6.07) is 21.8. The van der Waals surface area contributed by atoms with Crippen LogP contribution in [0.4, 0.5) is 5.69 Å². The highest BCUT2D eigenvalue weighted by Crippen LogP contribution is 2.17. The van der Waals surface area contributed by atoms with E-state index in [0.717, 1.165) is 10.9 Å². The minimum absolute atomic E-state index is 0.0506. The highest BCUT2D eigenvalue weighted by atomic mass is 32.1. The van der Waals surface area contributed by atoms with Crippen LogP contribution in [0, 0.1) is 0 Å². The molecule has 138 valence electrons. The first kappa shape index (κ1) is 17.9.